The summed E-state index contributed by atoms with van der Waals surface area (Å²) in [5.74, 6) is -0.461. The average Bonchev–Trinajstić information content (AvgIpc) is 1.63. The van der Waals surface area contributed by atoms with E-state index in [9.17, 15) is 8.42 Å². The van der Waals surface area contributed by atoms with Crippen LogP contribution in [0.5, 0.6) is 0 Å². The van der Waals surface area contributed by atoms with Crippen LogP contribution < -0.4 is 0 Å². The van der Waals surface area contributed by atoms with E-state index in [4.69, 9.17) is 4.55 Å². The maximum atomic E-state index is 9.91. The van der Waals surface area contributed by atoms with Gasteiger partial charge in [-0.25, -0.2) is 0 Å². The zero-order valence-electron chi connectivity index (χ0n) is 4.57. The first-order chi connectivity index (χ1) is 4.06. The van der Waals surface area contributed by atoms with E-state index in [0.29, 0.717) is 0 Å². The monoisotopic (exact) mass is 150 g/mol. The molecule has 1 N–H and O–H groups in total. The Hall–Kier alpha value is -0.730. The first kappa shape index (κ1) is 8.27. The van der Waals surface area contributed by atoms with Gasteiger partial charge >= 0.3 is 0 Å². The molecule has 0 rings (SSSR count). The third kappa shape index (κ3) is 7.27. The van der Waals surface area contributed by atoms with Crippen LogP contribution in [0.3, 0.4) is 0 Å². The highest BCUT2D eigenvalue weighted by molar-refractivity contribution is 7.85. The van der Waals surface area contributed by atoms with Gasteiger partial charge in [-0.3, -0.25) is 4.55 Å². The molecule has 0 radical (unpaired) electrons. The van der Waals surface area contributed by atoms with E-state index in [2.05, 4.69) is 11.2 Å². The number of rotatable bonds is 3. The minimum Gasteiger partial charge on any atom is -0.446 e. The Morgan fingerprint density at radius 1 is 1.67 bits per heavy atom. The van der Waals surface area contributed by atoms with E-state index in [0.717, 1.165) is 0 Å². The Labute approximate surface area is 53.6 Å². The molecule has 4 nitrogen and oxygen atoms in total. The predicted octanol–water partition coefficient (Wildman–Crippen LogP) is -0.518. The van der Waals surface area contributed by atoms with Crippen molar-refractivity contribution in [2.24, 2.45) is 0 Å². The Morgan fingerprint density at radius 3 is 2.56 bits per heavy atom. The van der Waals surface area contributed by atoms with Crippen molar-refractivity contribution in [3.8, 4) is 12.5 Å². The molecule has 0 unspecified atom stereocenters. The normalized spacial score (nSPS) is 10.2. The van der Waals surface area contributed by atoms with Gasteiger partial charge in [0.15, 0.2) is 0 Å². The molecule has 0 aliphatic heterocycles. The molecule has 0 heterocycles. The van der Waals surface area contributed by atoms with Crippen LogP contribution in [-0.2, 0) is 14.9 Å². The van der Waals surface area contributed by atoms with Crippen molar-refractivity contribution in [3.05, 3.63) is 0 Å². The van der Waals surface area contributed by atoms with Gasteiger partial charge in [-0.1, -0.05) is 6.42 Å². The van der Waals surface area contributed by atoms with Crippen molar-refractivity contribution in [2.75, 3.05) is 12.4 Å². The lowest BCUT2D eigenvalue weighted by Crippen LogP contribution is -2.08. The van der Waals surface area contributed by atoms with Gasteiger partial charge in [0.1, 0.15) is 18.5 Å². The number of hydrogen-bond acceptors (Lipinski definition) is 3. The van der Waals surface area contributed by atoms with Crippen molar-refractivity contribution < 1.29 is 17.7 Å². The summed E-state index contributed by atoms with van der Waals surface area (Å²) in [5.41, 5.74) is 0. The summed E-state index contributed by atoms with van der Waals surface area (Å²) in [6.45, 7) is -0.171. The van der Waals surface area contributed by atoms with Gasteiger partial charge < -0.3 is 4.74 Å². The fourth-order valence-corrected chi connectivity index (χ4v) is 0.500. The van der Waals surface area contributed by atoms with Crippen LogP contribution in [0, 0.1) is 12.5 Å². The van der Waals surface area contributed by atoms with Crippen LogP contribution in [0.2, 0.25) is 0 Å². The molecule has 0 aromatic heterocycles. The molecular formula is C4H6O4S. The van der Waals surface area contributed by atoms with Crippen LogP contribution in [0.15, 0.2) is 0 Å². The van der Waals surface area contributed by atoms with Gasteiger partial charge in [-0.2, -0.15) is 8.42 Å². The van der Waals surface area contributed by atoms with E-state index in [1.54, 1.807) is 6.11 Å². The molecule has 0 amide bonds. The Bertz CT molecular complexity index is 197. The summed E-state index contributed by atoms with van der Waals surface area (Å²) in [5, 5.41) is 0. The van der Waals surface area contributed by atoms with E-state index in [1.165, 1.54) is 0 Å². The Morgan fingerprint density at radius 2 is 2.22 bits per heavy atom. The second kappa shape index (κ2) is 3.33. The predicted molar refractivity (Wildman–Crippen MR) is 31.2 cm³/mol. The minimum atomic E-state index is -3.92. The first-order valence-electron chi connectivity index (χ1n) is 2.09. The fraction of sp³-hybridized carbons (Fsp3) is 0.500. The summed E-state index contributed by atoms with van der Waals surface area (Å²) in [6.07, 6.45) is 6.37. The van der Waals surface area contributed by atoms with Gasteiger partial charge in [0.25, 0.3) is 10.1 Å². The molecule has 5 heteroatoms. The molecule has 0 fully saturated rings. The van der Waals surface area contributed by atoms with Crippen LogP contribution in [-0.4, -0.2) is 25.3 Å². The maximum absolute atomic E-state index is 9.91. The van der Waals surface area contributed by atoms with Gasteiger partial charge in [0.2, 0.25) is 0 Å². The number of terminal acetylenes is 1. The lowest BCUT2D eigenvalue weighted by molar-refractivity contribution is 0.297. The summed E-state index contributed by atoms with van der Waals surface area (Å²) in [4.78, 5) is 0. The zero-order valence-corrected chi connectivity index (χ0v) is 5.39. The van der Waals surface area contributed by atoms with Crippen molar-refractivity contribution in [2.45, 2.75) is 0 Å². The zero-order chi connectivity index (χ0) is 7.33. The van der Waals surface area contributed by atoms with Gasteiger partial charge in [0, 0.05) is 0 Å². The highest BCUT2D eigenvalue weighted by atomic mass is 32.2. The van der Waals surface area contributed by atoms with Crippen molar-refractivity contribution in [1.29, 1.82) is 0 Å². The highest BCUT2D eigenvalue weighted by Crippen LogP contribution is 1.80. The molecule has 0 aromatic carbocycles. The van der Waals surface area contributed by atoms with E-state index < -0.39 is 15.9 Å². The third-order valence-corrected chi connectivity index (χ3v) is 1.21. The minimum absolute atomic E-state index is 0.171. The lowest BCUT2D eigenvalue weighted by Gasteiger charge is -1.92. The van der Waals surface area contributed by atoms with Crippen LogP contribution in [0.25, 0.3) is 0 Å². The molecule has 0 bridgehead atoms. The molecule has 9 heavy (non-hydrogen) atoms. The fourth-order valence-electron chi connectivity index (χ4n) is 0.206. The summed E-state index contributed by atoms with van der Waals surface area (Å²) in [7, 11) is -3.92. The second-order valence-corrected chi connectivity index (χ2v) is 2.82. The van der Waals surface area contributed by atoms with Crippen molar-refractivity contribution in [3.63, 3.8) is 0 Å². The molecule has 0 saturated heterocycles. The second-order valence-electron chi connectivity index (χ2n) is 1.25. The summed E-state index contributed by atoms with van der Waals surface area (Å²) < 4.78 is 32.1. The lowest BCUT2D eigenvalue weighted by atomic mass is 10.9. The van der Waals surface area contributed by atoms with E-state index in [1.807, 2.05) is 0 Å². The molecule has 0 aromatic rings. The molecule has 0 atom stereocenters. The highest BCUT2D eigenvalue weighted by Gasteiger charge is 2.01. The standard InChI is InChI=1S/C4H6O4S/c1-2-8-3-4-9(5,6)7/h1H,3-4H2,(H,5,6,7). The summed E-state index contributed by atoms with van der Waals surface area (Å²) >= 11 is 0. The van der Waals surface area contributed by atoms with Gasteiger partial charge in [-0.15, -0.1) is 0 Å². The largest absolute Gasteiger partial charge is 0.446 e. The topological polar surface area (TPSA) is 63.6 Å². The summed E-state index contributed by atoms with van der Waals surface area (Å²) in [6, 6.07) is 0. The van der Waals surface area contributed by atoms with Crippen LogP contribution in [0.1, 0.15) is 0 Å². The van der Waals surface area contributed by atoms with Crippen molar-refractivity contribution >= 4 is 10.1 Å². The molecule has 0 spiro atoms. The smallest absolute Gasteiger partial charge is 0.268 e. The Kier molecular flexibility index (Phi) is 3.06. The van der Waals surface area contributed by atoms with Gasteiger partial charge in [0.05, 0.1) is 0 Å². The third-order valence-electron chi connectivity index (χ3n) is 0.527. The number of hydrogen-bond donors (Lipinski definition) is 1. The molecular weight excluding hydrogens is 144 g/mol. The molecule has 0 aliphatic rings. The van der Waals surface area contributed by atoms with Crippen LogP contribution >= 0.6 is 0 Å². The van der Waals surface area contributed by atoms with Crippen LogP contribution in [0.4, 0.5) is 0 Å². The molecule has 52 valence electrons. The average molecular weight is 150 g/mol. The molecule has 0 aliphatic carbocycles. The maximum Gasteiger partial charge on any atom is 0.268 e. The van der Waals surface area contributed by atoms with E-state index in [-0.39, 0.29) is 6.61 Å². The Balaban J connectivity index is 3.44. The quantitative estimate of drug-likeness (QED) is 0.334. The first-order valence-corrected chi connectivity index (χ1v) is 3.70. The molecule has 0 saturated carbocycles. The van der Waals surface area contributed by atoms with Crippen molar-refractivity contribution in [1.82, 2.24) is 0 Å². The van der Waals surface area contributed by atoms with E-state index >= 15 is 0 Å². The SMILES string of the molecule is C#COCCS(=O)(=O)O. The number of ether oxygens (including phenoxy) is 1. The van der Waals surface area contributed by atoms with Gasteiger partial charge in [-0.05, 0) is 0 Å².